The molecule has 0 aliphatic heterocycles. The van der Waals surface area contributed by atoms with Crippen LogP contribution < -0.4 is 0 Å². The predicted octanol–water partition coefficient (Wildman–Crippen LogP) is -0.527. The van der Waals surface area contributed by atoms with E-state index in [1.165, 1.54) is 0 Å². The summed E-state index contributed by atoms with van der Waals surface area (Å²) in [6.45, 7) is 0. The molecule has 0 saturated carbocycles. The molecule has 0 unspecified atom stereocenters. The average molecular weight is 411 g/mol. The zero-order valence-electron chi connectivity index (χ0n) is 5.68. The van der Waals surface area contributed by atoms with Crippen LogP contribution in [-0.2, 0) is 35.1 Å². The van der Waals surface area contributed by atoms with Gasteiger partial charge in [0.2, 0.25) is 0 Å². The van der Waals surface area contributed by atoms with Crippen LogP contribution in [0.15, 0.2) is 0 Å². The second kappa shape index (κ2) is 2.49. The first-order chi connectivity index (χ1) is 5.39. The maximum absolute atomic E-state index is 10.5. The molecule has 0 fully saturated rings. The first kappa shape index (κ1) is 11.5. The normalized spacial score (nSPS) is 16.4. The van der Waals surface area contributed by atoms with Crippen LogP contribution in [0.4, 0.5) is 0 Å². The molecule has 0 heterocycles. The van der Waals surface area contributed by atoms with Crippen molar-refractivity contribution in [2.75, 3.05) is 0 Å². The average Bonchev–Trinajstić information content (AvgIpc) is 2.19. The van der Waals surface area contributed by atoms with Gasteiger partial charge in [-0.2, -0.15) is 0 Å². The molecule has 7 heteroatoms. The van der Waals surface area contributed by atoms with E-state index in [0.717, 1.165) is 0 Å². The van der Waals surface area contributed by atoms with Crippen molar-refractivity contribution in [3.8, 4) is 0 Å². The molecule has 5 nitrogen and oxygen atoms in total. The van der Waals surface area contributed by atoms with Crippen molar-refractivity contribution >= 4 is 37.2 Å². The molecule has 0 bridgehead atoms. The molecule has 0 aromatic carbocycles. The Kier molecular flexibility index (Phi) is 2.38. The molecule has 0 atom stereocenters. The predicted molar refractivity (Wildman–Crippen MR) is 42.7 cm³/mol. The van der Waals surface area contributed by atoms with Gasteiger partial charge in [0.05, 0.1) is 0 Å². The first-order valence-corrected chi connectivity index (χ1v) is 16.2. The molecule has 69 valence electrons. The maximum atomic E-state index is 10.5. The van der Waals surface area contributed by atoms with Gasteiger partial charge in [0.25, 0.3) is 0 Å². The number of carbonyl (C=O) groups excluding carboxylic acids is 5. The molecule has 0 radical (unpaired) electrons. The van der Waals surface area contributed by atoms with Crippen LogP contribution in [0, 0.1) is 0 Å². The number of hydrogen-bond acceptors (Lipinski definition) is 5. The quantitative estimate of drug-likeness (QED) is 0.569. The second-order valence-electron chi connectivity index (χ2n) is 2.12. The van der Waals surface area contributed by atoms with Crippen molar-refractivity contribution in [2.24, 2.45) is 0 Å². The van der Waals surface area contributed by atoms with E-state index in [4.69, 9.17) is 0 Å². The van der Waals surface area contributed by atoms with Gasteiger partial charge in [-0.1, -0.05) is 0 Å². The van der Waals surface area contributed by atoms with Crippen LogP contribution in [0.25, 0.3) is 0 Å². The summed E-state index contributed by atoms with van der Waals surface area (Å²) >= 11 is -3.72. The Bertz CT molecular complexity index is 225. The van der Waals surface area contributed by atoms with Crippen molar-refractivity contribution in [2.45, 2.75) is 0 Å². The van der Waals surface area contributed by atoms with Crippen LogP contribution >= 0.6 is 13.4 Å². The first-order valence-electron chi connectivity index (χ1n) is 2.41. The molecule has 0 saturated heterocycles. The summed E-state index contributed by atoms with van der Waals surface area (Å²) in [7, 11) is 0. The summed E-state index contributed by atoms with van der Waals surface area (Å²) in [5.74, 6) is 0. The number of carbonyl (C=O) groups is 5. The van der Waals surface area contributed by atoms with Gasteiger partial charge in [0, 0.05) is 0 Å². The van der Waals surface area contributed by atoms with Crippen molar-refractivity contribution in [1.82, 2.24) is 0 Å². The van der Waals surface area contributed by atoms with Crippen LogP contribution in [0.1, 0.15) is 0 Å². The molecule has 0 aliphatic rings. The van der Waals surface area contributed by atoms with Gasteiger partial charge < -0.3 is 0 Å². The van der Waals surface area contributed by atoms with Crippen LogP contribution in [0.5, 0.6) is 0 Å². The summed E-state index contributed by atoms with van der Waals surface area (Å²) in [6.07, 6.45) is 0. The Morgan fingerprint density at radius 3 is 0.833 bits per heavy atom. The van der Waals surface area contributed by atoms with Crippen molar-refractivity contribution < 1.29 is 35.1 Å². The molecule has 0 aliphatic carbocycles. The molecular formula is C5H5BrO5Re. The van der Waals surface area contributed by atoms with E-state index < -0.39 is 11.1 Å². The fourth-order valence-corrected chi connectivity index (χ4v) is 1.72. The zero-order valence-corrected chi connectivity index (χ0v) is 9.99. The van der Waals surface area contributed by atoms with E-state index in [0.29, 0.717) is 0 Å². The third-order valence-electron chi connectivity index (χ3n) is 1.20. The second-order valence-corrected chi connectivity index (χ2v) is 31.5. The zero-order chi connectivity index (χ0) is 9.94. The van der Waals surface area contributed by atoms with Gasteiger partial charge in [-0.15, -0.1) is 0 Å². The summed E-state index contributed by atoms with van der Waals surface area (Å²) in [5.41, 5.74) is 0. The molecule has 12 heavy (non-hydrogen) atoms. The SMILES string of the molecule is O=[CH][Re]([Br])([CH]=O)([CH]=O)([CH]=O)[CH]=O. The summed E-state index contributed by atoms with van der Waals surface area (Å²) < 4.78 is -0.787. The minimum absolute atomic E-state index is 0.157. The Balaban J connectivity index is 6.15. The minimum atomic E-state index is -6.17. The molecule has 0 aromatic rings. The van der Waals surface area contributed by atoms with Gasteiger partial charge in [-0.3, -0.25) is 0 Å². The monoisotopic (exact) mass is 411 g/mol. The van der Waals surface area contributed by atoms with Crippen LogP contribution in [0.3, 0.4) is 0 Å². The van der Waals surface area contributed by atoms with Gasteiger partial charge in [-0.25, -0.2) is 0 Å². The topological polar surface area (TPSA) is 85.3 Å². The standard InChI is InChI=1S/5CHO.BrH.Re/c5*1-2;;/h5*1H;1H;/q;;;;;;+1/p-1. The van der Waals surface area contributed by atoms with E-state index in [1.54, 1.807) is 0 Å². The van der Waals surface area contributed by atoms with Crippen LogP contribution in [0.2, 0.25) is 0 Å². The number of rotatable bonds is 5. The van der Waals surface area contributed by atoms with E-state index in [1.807, 2.05) is 0 Å². The molecule has 0 N–H and O–H groups in total. The molecule has 0 rings (SSSR count). The summed E-state index contributed by atoms with van der Waals surface area (Å²) in [5, 5.41) is 0. The number of halogens is 1. The Labute approximate surface area is 72.3 Å². The fourth-order valence-electron chi connectivity index (χ4n) is 0.210. The van der Waals surface area contributed by atoms with Crippen molar-refractivity contribution in [1.29, 1.82) is 0 Å². The fraction of sp³-hybridized carbons (Fsp3) is 0. The molecule has 0 spiro atoms. The van der Waals surface area contributed by atoms with Gasteiger partial charge in [0.1, 0.15) is 0 Å². The summed E-state index contributed by atoms with van der Waals surface area (Å²) in [4.78, 5) is 52.6. The Hall–Kier alpha value is -0.508. The summed E-state index contributed by atoms with van der Waals surface area (Å²) in [6, 6.07) is 0. The molecule has 0 amide bonds. The Morgan fingerprint density at radius 1 is 0.667 bits per heavy atom. The third kappa shape index (κ3) is 1.14. The Morgan fingerprint density at radius 2 is 0.833 bits per heavy atom. The van der Waals surface area contributed by atoms with Gasteiger partial charge >= 0.3 is 72.3 Å². The molecule has 0 aromatic heterocycles. The van der Waals surface area contributed by atoms with E-state index in [2.05, 4.69) is 13.4 Å². The van der Waals surface area contributed by atoms with E-state index in [9.17, 15) is 24.0 Å². The van der Waals surface area contributed by atoms with E-state index >= 15 is 0 Å². The third-order valence-corrected chi connectivity index (χ3v) is 15.6. The van der Waals surface area contributed by atoms with Crippen LogP contribution in [-0.4, -0.2) is 23.8 Å². The number of hydrogen-bond donors (Lipinski definition) is 0. The van der Waals surface area contributed by atoms with Gasteiger partial charge in [0.15, 0.2) is 0 Å². The van der Waals surface area contributed by atoms with E-state index in [-0.39, 0.29) is 23.8 Å². The van der Waals surface area contributed by atoms with Crippen molar-refractivity contribution in [3.63, 3.8) is 0 Å². The van der Waals surface area contributed by atoms with Crippen molar-refractivity contribution in [3.05, 3.63) is 0 Å². The van der Waals surface area contributed by atoms with Gasteiger partial charge in [-0.05, 0) is 0 Å². The molecular weight excluding hydrogens is 406 g/mol.